The van der Waals surface area contributed by atoms with Crippen molar-refractivity contribution in [3.05, 3.63) is 12.2 Å². The van der Waals surface area contributed by atoms with Crippen molar-refractivity contribution in [1.82, 2.24) is 10.6 Å². The molecule has 0 fully saturated rings. The molecule has 7 nitrogen and oxygen atoms in total. The summed E-state index contributed by atoms with van der Waals surface area (Å²) in [5.74, 6) is -1.94. The standard InChI is InChI=1S/C10H15N3O4/c11-8(14)3-4-12-10(17)13-7-2-1-6(5-7)9(15)16/h1-2,6-7H,3-5H2,(H2,11,14)(H,15,16)(H2,12,13,17). The van der Waals surface area contributed by atoms with Crippen molar-refractivity contribution in [2.24, 2.45) is 11.7 Å². The molecule has 94 valence electrons. The molecule has 1 aliphatic rings. The molecule has 1 aliphatic carbocycles. The van der Waals surface area contributed by atoms with Crippen LogP contribution in [0, 0.1) is 5.92 Å². The van der Waals surface area contributed by atoms with Crippen LogP contribution in [0.15, 0.2) is 12.2 Å². The van der Waals surface area contributed by atoms with Crippen LogP contribution in [0.2, 0.25) is 0 Å². The average Bonchev–Trinajstić information content (AvgIpc) is 2.65. The second-order valence-electron chi connectivity index (χ2n) is 3.79. The summed E-state index contributed by atoms with van der Waals surface area (Å²) in [6.45, 7) is 0.167. The van der Waals surface area contributed by atoms with Crippen LogP contribution in [0.1, 0.15) is 12.8 Å². The molecule has 1 rings (SSSR count). The van der Waals surface area contributed by atoms with Crippen LogP contribution < -0.4 is 16.4 Å². The maximum Gasteiger partial charge on any atom is 0.315 e. The molecule has 0 aromatic carbocycles. The van der Waals surface area contributed by atoms with Gasteiger partial charge in [-0.05, 0) is 6.42 Å². The van der Waals surface area contributed by atoms with Crippen molar-refractivity contribution in [3.63, 3.8) is 0 Å². The smallest absolute Gasteiger partial charge is 0.315 e. The Morgan fingerprint density at radius 1 is 1.35 bits per heavy atom. The number of carboxylic acid groups (broad SMARTS) is 1. The normalized spacial score (nSPS) is 22.1. The van der Waals surface area contributed by atoms with E-state index in [0.29, 0.717) is 6.42 Å². The third-order valence-electron chi connectivity index (χ3n) is 2.37. The maximum absolute atomic E-state index is 11.3. The van der Waals surface area contributed by atoms with Crippen LogP contribution in [-0.2, 0) is 9.59 Å². The summed E-state index contributed by atoms with van der Waals surface area (Å²) in [6, 6.07) is -0.725. The first-order valence-corrected chi connectivity index (χ1v) is 5.23. The summed E-state index contributed by atoms with van der Waals surface area (Å²) in [5.41, 5.74) is 4.91. The molecule has 7 heteroatoms. The number of carboxylic acids is 1. The highest BCUT2D eigenvalue weighted by Crippen LogP contribution is 2.17. The monoisotopic (exact) mass is 241 g/mol. The SMILES string of the molecule is NC(=O)CCNC(=O)NC1C=CC(C(=O)O)C1. The molecule has 0 radical (unpaired) electrons. The first kappa shape index (κ1) is 13.0. The lowest BCUT2D eigenvalue weighted by molar-refractivity contribution is -0.140. The number of hydrogen-bond acceptors (Lipinski definition) is 3. The van der Waals surface area contributed by atoms with E-state index in [1.807, 2.05) is 0 Å². The Morgan fingerprint density at radius 3 is 2.59 bits per heavy atom. The summed E-state index contributed by atoms with van der Waals surface area (Å²) in [5, 5.41) is 13.8. The number of urea groups is 1. The lowest BCUT2D eigenvalue weighted by Gasteiger charge is -2.12. The third-order valence-corrected chi connectivity index (χ3v) is 2.37. The predicted octanol–water partition coefficient (Wildman–Crippen LogP) is -0.810. The Labute approximate surface area is 98.0 Å². The van der Waals surface area contributed by atoms with Gasteiger partial charge >= 0.3 is 12.0 Å². The minimum atomic E-state index is -0.903. The lowest BCUT2D eigenvalue weighted by atomic mass is 10.1. The van der Waals surface area contributed by atoms with E-state index in [1.165, 1.54) is 0 Å². The van der Waals surface area contributed by atoms with Crippen LogP contribution in [-0.4, -0.2) is 35.6 Å². The number of carbonyl (C=O) groups excluding carboxylic acids is 2. The van der Waals surface area contributed by atoms with E-state index in [0.717, 1.165) is 0 Å². The summed E-state index contributed by atoms with van der Waals surface area (Å²) in [6.07, 6.45) is 3.62. The Kier molecular flexibility index (Phi) is 4.50. The molecule has 0 spiro atoms. The Hall–Kier alpha value is -2.05. The maximum atomic E-state index is 11.3. The largest absolute Gasteiger partial charge is 0.481 e. The third kappa shape index (κ3) is 4.54. The molecule has 0 heterocycles. The van der Waals surface area contributed by atoms with Gasteiger partial charge in [-0.15, -0.1) is 0 Å². The molecular weight excluding hydrogens is 226 g/mol. The quantitative estimate of drug-likeness (QED) is 0.470. The number of carbonyl (C=O) groups is 3. The van der Waals surface area contributed by atoms with Crippen LogP contribution >= 0.6 is 0 Å². The van der Waals surface area contributed by atoms with Gasteiger partial charge in [0.15, 0.2) is 0 Å². The molecule has 3 amide bonds. The average molecular weight is 241 g/mol. The van der Waals surface area contributed by atoms with Crippen LogP contribution in [0.4, 0.5) is 4.79 Å². The fraction of sp³-hybridized carbons (Fsp3) is 0.500. The zero-order valence-corrected chi connectivity index (χ0v) is 9.18. The molecule has 0 aromatic rings. The number of primary amides is 1. The second-order valence-corrected chi connectivity index (χ2v) is 3.79. The predicted molar refractivity (Wildman–Crippen MR) is 59.0 cm³/mol. The molecule has 0 saturated carbocycles. The van der Waals surface area contributed by atoms with Gasteiger partial charge in [-0.2, -0.15) is 0 Å². The van der Waals surface area contributed by atoms with Crippen LogP contribution in [0.5, 0.6) is 0 Å². The molecule has 2 atom stereocenters. The molecule has 17 heavy (non-hydrogen) atoms. The fourth-order valence-corrected chi connectivity index (χ4v) is 1.51. The molecule has 2 unspecified atom stereocenters. The number of rotatable bonds is 5. The van der Waals surface area contributed by atoms with Gasteiger partial charge in [0, 0.05) is 13.0 Å². The van der Waals surface area contributed by atoms with E-state index in [1.54, 1.807) is 12.2 Å². The van der Waals surface area contributed by atoms with Crippen molar-refractivity contribution in [1.29, 1.82) is 0 Å². The van der Waals surface area contributed by atoms with E-state index in [4.69, 9.17) is 10.8 Å². The molecule has 5 N–H and O–H groups in total. The van der Waals surface area contributed by atoms with Crippen molar-refractivity contribution in [2.75, 3.05) is 6.54 Å². The zero-order valence-electron chi connectivity index (χ0n) is 9.18. The molecule has 0 aromatic heterocycles. The molecular formula is C10H15N3O4. The second kappa shape index (κ2) is 5.88. The molecule has 0 saturated heterocycles. The Balaban J connectivity index is 2.22. The van der Waals surface area contributed by atoms with Crippen LogP contribution in [0.3, 0.4) is 0 Å². The highest BCUT2D eigenvalue weighted by molar-refractivity contribution is 5.78. The highest BCUT2D eigenvalue weighted by atomic mass is 16.4. The number of aliphatic carboxylic acids is 1. The molecule has 0 aliphatic heterocycles. The van der Waals surface area contributed by atoms with Crippen molar-refractivity contribution >= 4 is 17.9 Å². The Morgan fingerprint density at radius 2 is 2.06 bits per heavy atom. The van der Waals surface area contributed by atoms with Gasteiger partial charge < -0.3 is 21.5 Å². The van der Waals surface area contributed by atoms with Crippen LogP contribution in [0.25, 0.3) is 0 Å². The van der Waals surface area contributed by atoms with Gasteiger partial charge in [0.05, 0.1) is 12.0 Å². The fourth-order valence-electron chi connectivity index (χ4n) is 1.51. The summed E-state index contributed by atoms with van der Waals surface area (Å²) < 4.78 is 0. The highest BCUT2D eigenvalue weighted by Gasteiger charge is 2.25. The first-order chi connectivity index (χ1) is 7.99. The van der Waals surface area contributed by atoms with Gasteiger partial charge in [-0.25, -0.2) is 4.79 Å². The number of amides is 3. The van der Waals surface area contributed by atoms with E-state index < -0.39 is 23.8 Å². The minimum absolute atomic E-state index is 0.0751. The van der Waals surface area contributed by atoms with Crippen molar-refractivity contribution in [3.8, 4) is 0 Å². The number of hydrogen-bond donors (Lipinski definition) is 4. The number of nitrogens with two attached hydrogens (primary N) is 1. The lowest BCUT2D eigenvalue weighted by Crippen LogP contribution is -2.42. The van der Waals surface area contributed by atoms with E-state index in [2.05, 4.69) is 10.6 Å². The van der Waals surface area contributed by atoms with E-state index in [-0.39, 0.29) is 19.0 Å². The van der Waals surface area contributed by atoms with Gasteiger partial charge in [0.25, 0.3) is 0 Å². The minimum Gasteiger partial charge on any atom is -0.481 e. The van der Waals surface area contributed by atoms with Gasteiger partial charge in [-0.3, -0.25) is 9.59 Å². The van der Waals surface area contributed by atoms with Crippen molar-refractivity contribution in [2.45, 2.75) is 18.9 Å². The first-order valence-electron chi connectivity index (χ1n) is 5.23. The molecule has 0 bridgehead atoms. The summed E-state index contributed by atoms with van der Waals surface area (Å²) >= 11 is 0. The van der Waals surface area contributed by atoms with Gasteiger partial charge in [0.2, 0.25) is 5.91 Å². The number of nitrogens with one attached hydrogen (secondary N) is 2. The van der Waals surface area contributed by atoms with E-state index >= 15 is 0 Å². The van der Waals surface area contributed by atoms with Crippen molar-refractivity contribution < 1.29 is 19.5 Å². The van der Waals surface area contributed by atoms with E-state index in [9.17, 15) is 14.4 Å². The van der Waals surface area contributed by atoms with Gasteiger partial charge in [0.1, 0.15) is 0 Å². The summed E-state index contributed by atoms with van der Waals surface area (Å²) in [4.78, 5) is 32.4. The van der Waals surface area contributed by atoms with Gasteiger partial charge in [-0.1, -0.05) is 12.2 Å². The zero-order chi connectivity index (χ0) is 12.8. The summed E-state index contributed by atoms with van der Waals surface area (Å²) in [7, 11) is 0. The topological polar surface area (TPSA) is 122 Å². The Bertz CT molecular complexity index is 353.